The summed E-state index contributed by atoms with van der Waals surface area (Å²) < 4.78 is 14.5. The first-order chi connectivity index (χ1) is 8.97. The van der Waals surface area contributed by atoms with Gasteiger partial charge in [-0.2, -0.15) is 0 Å². The number of hydrogen-bond acceptors (Lipinski definition) is 1. The van der Waals surface area contributed by atoms with Crippen molar-refractivity contribution in [3.05, 3.63) is 62.9 Å². The van der Waals surface area contributed by atoms with Crippen LogP contribution in [-0.2, 0) is 6.54 Å². The lowest BCUT2D eigenvalue weighted by atomic mass is 10.00. The van der Waals surface area contributed by atoms with Crippen molar-refractivity contribution in [1.82, 2.24) is 0 Å². The Morgan fingerprint density at radius 3 is 2.32 bits per heavy atom. The SMILES string of the molecule is Cc1cc(C)c(CNc2cc(Br)ccc2F)c(C)c1. The smallest absolute Gasteiger partial charge is 0.146 e. The van der Waals surface area contributed by atoms with Gasteiger partial charge in [-0.1, -0.05) is 33.6 Å². The van der Waals surface area contributed by atoms with Crippen molar-refractivity contribution in [3.8, 4) is 0 Å². The first-order valence-electron chi connectivity index (χ1n) is 6.23. The molecule has 19 heavy (non-hydrogen) atoms. The number of nitrogens with one attached hydrogen (secondary N) is 1. The third-order valence-corrected chi connectivity index (χ3v) is 3.72. The molecule has 1 N–H and O–H groups in total. The topological polar surface area (TPSA) is 12.0 Å². The number of hydrogen-bond donors (Lipinski definition) is 1. The molecule has 0 heterocycles. The van der Waals surface area contributed by atoms with E-state index in [1.54, 1.807) is 12.1 Å². The molecule has 0 saturated heterocycles. The van der Waals surface area contributed by atoms with Crippen molar-refractivity contribution >= 4 is 21.6 Å². The summed E-state index contributed by atoms with van der Waals surface area (Å²) in [4.78, 5) is 0. The fourth-order valence-corrected chi connectivity index (χ4v) is 2.67. The fourth-order valence-electron chi connectivity index (χ4n) is 2.31. The zero-order chi connectivity index (χ0) is 14.0. The number of halogens is 2. The van der Waals surface area contributed by atoms with Gasteiger partial charge < -0.3 is 5.32 Å². The average molecular weight is 322 g/mol. The number of rotatable bonds is 3. The van der Waals surface area contributed by atoms with Crippen molar-refractivity contribution in [2.24, 2.45) is 0 Å². The Hall–Kier alpha value is -1.35. The van der Waals surface area contributed by atoms with Gasteiger partial charge in [0.2, 0.25) is 0 Å². The van der Waals surface area contributed by atoms with Gasteiger partial charge in [0.15, 0.2) is 0 Å². The molecule has 100 valence electrons. The van der Waals surface area contributed by atoms with E-state index >= 15 is 0 Å². The molecular weight excluding hydrogens is 305 g/mol. The summed E-state index contributed by atoms with van der Waals surface area (Å²) in [6.07, 6.45) is 0. The molecule has 0 aliphatic rings. The van der Waals surface area contributed by atoms with Gasteiger partial charge in [-0.05, 0) is 55.7 Å². The van der Waals surface area contributed by atoms with Gasteiger partial charge in [-0.3, -0.25) is 0 Å². The summed E-state index contributed by atoms with van der Waals surface area (Å²) in [7, 11) is 0. The van der Waals surface area contributed by atoms with E-state index in [1.807, 2.05) is 0 Å². The lowest BCUT2D eigenvalue weighted by Gasteiger charge is -2.14. The van der Waals surface area contributed by atoms with Gasteiger partial charge in [0.05, 0.1) is 5.69 Å². The molecule has 0 spiro atoms. The van der Waals surface area contributed by atoms with Crippen LogP contribution >= 0.6 is 15.9 Å². The van der Waals surface area contributed by atoms with Crippen LogP contribution in [0.15, 0.2) is 34.8 Å². The highest BCUT2D eigenvalue weighted by Gasteiger charge is 2.06. The maximum absolute atomic E-state index is 13.7. The minimum Gasteiger partial charge on any atom is -0.379 e. The van der Waals surface area contributed by atoms with Crippen molar-refractivity contribution in [3.63, 3.8) is 0 Å². The molecule has 0 unspecified atom stereocenters. The highest BCUT2D eigenvalue weighted by Crippen LogP contribution is 2.22. The van der Waals surface area contributed by atoms with Gasteiger partial charge >= 0.3 is 0 Å². The Morgan fingerprint density at radius 2 is 1.68 bits per heavy atom. The van der Waals surface area contributed by atoms with Gasteiger partial charge in [0, 0.05) is 11.0 Å². The van der Waals surface area contributed by atoms with Crippen LogP contribution in [0.5, 0.6) is 0 Å². The third kappa shape index (κ3) is 3.35. The fraction of sp³-hybridized carbons (Fsp3) is 0.250. The van der Waals surface area contributed by atoms with E-state index in [1.165, 1.54) is 28.3 Å². The second-order valence-corrected chi connectivity index (χ2v) is 5.77. The van der Waals surface area contributed by atoms with Crippen LogP contribution in [0, 0.1) is 26.6 Å². The van der Waals surface area contributed by atoms with Gasteiger partial charge in [-0.15, -0.1) is 0 Å². The van der Waals surface area contributed by atoms with Crippen LogP contribution in [0.4, 0.5) is 10.1 Å². The highest BCUT2D eigenvalue weighted by atomic mass is 79.9. The molecule has 0 aliphatic heterocycles. The molecule has 0 amide bonds. The number of benzene rings is 2. The highest BCUT2D eigenvalue weighted by molar-refractivity contribution is 9.10. The summed E-state index contributed by atoms with van der Waals surface area (Å²) >= 11 is 3.35. The van der Waals surface area contributed by atoms with E-state index < -0.39 is 0 Å². The quantitative estimate of drug-likeness (QED) is 0.826. The molecule has 0 saturated carbocycles. The normalized spacial score (nSPS) is 10.6. The van der Waals surface area contributed by atoms with Crippen LogP contribution in [0.25, 0.3) is 0 Å². The van der Waals surface area contributed by atoms with Crippen LogP contribution in [0.3, 0.4) is 0 Å². The molecule has 0 fully saturated rings. The number of aryl methyl sites for hydroxylation is 3. The van der Waals surface area contributed by atoms with Crippen LogP contribution in [-0.4, -0.2) is 0 Å². The molecular formula is C16H17BrFN. The van der Waals surface area contributed by atoms with Crippen molar-refractivity contribution < 1.29 is 4.39 Å². The Balaban J connectivity index is 2.21. The van der Waals surface area contributed by atoms with Gasteiger partial charge in [0.1, 0.15) is 5.82 Å². The minimum absolute atomic E-state index is 0.231. The second kappa shape index (κ2) is 5.74. The Kier molecular flexibility index (Phi) is 4.25. The van der Waals surface area contributed by atoms with E-state index in [-0.39, 0.29) is 5.82 Å². The zero-order valence-electron chi connectivity index (χ0n) is 11.3. The van der Waals surface area contributed by atoms with Crippen molar-refractivity contribution in [2.45, 2.75) is 27.3 Å². The molecule has 0 aliphatic carbocycles. The average Bonchev–Trinajstić information content (AvgIpc) is 2.32. The van der Waals surface area contributed by atoms with Crippen LogP contribution < -0.4 is 5.32 Å². The monoisotopic (exact) mass is 321 g/mol. The van der Waals surface area contributed by atoms with E-state index in [0.717, 1.165) is 4.47 Å². The first kappa shape index (κ1) is 14.1. The van der Waals surface area contributed by atoms with Crippen molar-refractivity contribution in [2.75, 3.05) is 5.32 Å². The van der Waals surface area contributed by atoms with Crippen LogP contribution in [0.1, 0.15) is 22.3 Å². The lowest BCUT2D eigenvalue weighted by Crippen LogP contribution is -2.05. The molecule has 3 heteroatoms. The summed E-state index contributed by atoms with van der Waals surface area (Å²) in [5.74, 6) is -0.231. The van der Waals surface area contributed by atoms with E-state index in [2.05, 4.69) is 54.2 Å². The van der Waals surface area contributed by atoms with Gasteiger partial charge in [0.25, 0.3) is 0 Å². The summed E-state index contributed by atoms with van der Waals surface area (Å²) in [6.45, 7) is 6.90. The minimum atomic E-state index is -0.231. The van der Waals surface area contributed by atoms with E-state index in [9.17, 15) is 4.39 Å². The first-order valence-corrected chi connectivity index (χ1v) is 7.02. The lowest BCUT2D eigenvalue weighted by molar-refractivity contribution is 0.630. The van der Waals surface area contributed by atoms with Crippen molar-refractivity contribution in [1.29, 1.82) is 0 Å². The largest absolute Gasteiger partial charge is 0.379 e. The maximum Gasteiger partial charge on any atom is 0.146 e. The third-order valence-electron chi connectivity index (χ3n) is 3.22. The summed E-state index contributed by atoms with van der Waals surface area (Å²) in [5.41, 5.74) is 5.48. The predicted molar refractivity (Wildman–Crippen MR) is 82.1 cm³/mol. The Bertz CT molecular complexity index is 585. The summed E-state index contributed by atoms with van der Waals surface area (Å²) in [5, 5.41) is 3.17. The second-order valence-electron chi connectivity index (χ2n) is 4.85. The molecule has 2 aromatic rings. The molecule has 0 atom stereocenters. The molecule has 0 aromatic heterocycles. The Labute approximate surface area is 122 Å². The molecule has 1 nitrogen and oxygen atoms in total. The van der Waals surface area contributed by atoms with Gasteiger partial charge in [-0.25, -0.2) is 4.39 Å². The van der Waals surface area contributed by atoms with E-state index in [0.29, 0.717) is 12.2 Å². The molecule has 0 bridgehead atoms. The van der Waals surface area contributed by atoms with Crippen LogP contribution in [0.2, 0.25) is 0 Å². The van der Waals surface area contributed by atoms with E-state index in [4.69, 9.17) is 0 Å². The molecule has 0 radical (unpaired) electrons. The molecule has 2 aromatic carbocycles. The Morgan fingerprint density at radius 1 is 1.05 bits per heavy atom. The maximum atomic E-state index is 13.7. The summed E-state index contributed by atoms with van der Waals surface area (Å²) in [6, 6.07) is 9.22. The predicted octanol–water partition coefficient (Wildman–Crippen LogP) is 5.13. The molecule has 2 rings (SSSR count). The zero-order valence-corrected chi connectivity index (χ0v) is 12.9. The number of anilines is 1. The standard InChI is InChI=1S/C16H17BrFN/c1-10-6-11(2)14(12(3)7-10)9-19-16-8-13(17)4-5-15(16)18/h4-8,19H,9H2,1-3H3.